The maximum absolute atomic E-state index is 11.2. The number of ether oxygens (including phenoxy) is 1. The predicted molar refractivity (Wildman–Crippen MR) is 48.1 cm³/mol. The van der Waals surface area contributed by atoms with Crippen molar-refractivity contribution in [2.75, 3.05) is 6.61 Å². The van der Waals surface area contributed by atoms with Crippen LogP contribution < -0.4 is 0 Å². The van der Waals surface area contributed by atoms with Gasteiger partial charge < -0.3 is 9.84 Å². The normalized spacial score (nSPS) is 11.6. The van der Waals surface area contributed by atoms with E-state index < -0.39 is 36.0 Å². The molecule has 0 rings (SSSR count). The van der Waals surface area contributed by atoms with Gasteiger partial charge in [0.25, 0.3) is 0 Å². The molecule has 0 aliphatic carbocycles. The van der Waals surface area contributed by atoms with E-state index in [-0.39, 0.29) is 6.42 Å². The van der Waals surface area contributed by atoms with Crippen LogP contribution in [0.4, 0.5) is 0 Å². The van der Waals surface area contributed by atoms with Gasteiger partial charge in [0.1, 0.15) is 11.7 Å². The Labute approximate surface area is 86.2 Å². The van der Waals surface area contributed by atoms with Gasteiger partial charge in [0.15, 0.2) is 12.4 Å². The number of carboxylic acids is 1. The van der Waals surface area contributed by atoms with Crippen molar-refractivity contribution >= 4 is 23.5 Å². The Hall–Kier alpha value is -1.72. The van der Waals surface area contributed by atoms with Crippen molar-refractivity contribution in [3.8, 4) is 0 Å². The smallest absolute Gasteiger partial charge is 0.314 e. The molecule has 0 aromatic rings. The SMILES string of the molecule is CC(=O)CC(C(=O)O)C(=O)COC(C)=O. The lowest BCUT2D eigenvalue weighted by Crippen LogP contribution is -2.29. The van der Waals surface area contributed by atoms with E-state index in [1.807, 2.05) is 0 Å². The summed E-state index contributed by atoms with van der Waals surface area (Å²) in [6.07, 6.45) is -0.380. The standard InChI is InChI=1S/C9H12O6/c1-5(10)3-7(9(13)14)8(12)4-15-6(2)11/h7H,3-4H2,1-2H3,(H,13,14). The van der Waals surface area contributed by atoms with Crippen molar-refractivity contribution in [2.45, 2.75) is 20.3 Å². The Kier molecular flexibility index (Phi) is 5.22. The number of esters is 1. The molecule has 15 heavy (non-hydrogen) atoms. The second-order valence-corrected chi connectivity index (χ2v) is 3.04. The van der Waals surface area contributed by atoms with Crippen molar-refractivity contribution in [2.24, 2.45) is 5.92 Å². The molecule has 0 fully saturated rings. The van der Waals surface area contributed by atoms with Gasteiger partial charge in [-0.25, -0.2) is 0 Å². The van der Waals surface area contributed by atoms with E-state index in [1.165, 1.54) is 6.92 Å². The molecule has 0 radical (unpaired) electrons. The zero-order valence-corrected chi connectivity index (χ0v) is 8.48. The van der Waals surface area contributed by atoms with E-state index in [0.717, 1.165) is 6.92 Å². The van der Waals surface area contributed by atoms with Crippen LogP contribution in [0.2, 0.25) is 0 Å². The topological polar surface area (TPSA) is 97.7 Å². The monoisotopic (exact) mass is 216 g/mol. The number of hydrogen-bond acceptors (Lipinski definition) is 5. The zero-order valence-electron chi connectivity index (χ0n) is 8.48. The van der Waals surface area contributed by atoms with Gasteiger partial charge in [0, 0.05) is 13.3 Å². The second-order valence-electron chi connectivity index (χ2n) is 3.04. The Morgan fingerprint density at radius 2 is 1.73 bits per heavy atom. The van der Waals surface area contributed by atoms with Crippen LogP contribution in [-0.2, 0) is 23.9 Å². The van der Waals surface area contributed by atoms with Crippen LogP contribution in [0.5, 0.6) is 0 Å². The van der Waals surface area contributed by atoms with Crippen LogP contribution in [0.3, 0.4) is 0 Å². The number of ketones is 2. The maximum Gasteiger partial charge on any atom is 0.314 e. The molecule has 6 nitrogen and oxygen atoms in total. The second kappa shape index (κ2) is 5.90. The number of hydrogen-bond donors (Lipinski definition) is 1. The summed E-state index contributed by atoms with van der Waals surface area (Å²) in [4.78, 5) is 42.9. The zero-order chi connectivity index (χ0) is 12.0. The fraction of sp³-hybridized carbons (Fsp3) is 0.556. The molecule has 0 heterocycles. The molecule has 0 aliphatic rings. The molecule has 0 aromatic carbocycles. The van der Waals surface area contributed by atoms with E-state index >= 15 is 0 Å². The summed E-state index contributed by atoms with van der Waals surface area (Å²) < 4.78 is 4.35. The van der Waals surface area contributed by atoms with Crippen molar-refractivity contribution in [1.29, 1.82) is 0 Å². The van der Waals surface area contributed by atoms with Gasteiger partial charge in [-0.1, -0.05) is 0 Å². The van der Waals surface area contributed by atoms with Gasteiger partial charge in [-0.3, -0.25) is 19.2 Å². The third-order valence-electron chi connectivity index (χ3n) is 1.60. The lowest BCUT2D eigenvalue weighted by Gasteiger charge is -2.08. The summed E-state index contributed by atoms with van der Waals surface area (Å²) >= 11 is 0. The first-order valence-corrected chi connectivity index (χ1v) is 4.23. The van der Waals surface area contributed by atoms with Gasteiger partial charge in [-0.15, -0.1) is 0 Å². The average Bonchev–Trinajstić information content (AvgIpc) is 2.09. The molecule has 0 spiro atoms. The predicted octanol–water partition coefficient (Wildman–Crippen LogP) is -0.202. The lowest BCUT2D eigenvalue weighted by atomic mass is 9.99. The summed E-state index contributed by atoms with van der Waals surface area (Å²) in [6.45, 7) is 1.68. The Morgan fingerprint density at radius 1 is 1.20 bits per heavy atom. The van der Waals surface area contributed by atoms with Gasteiger partial charge >= 0.3 is 11.9 Å². The third-order valence-corrected chi connectivity index (χ3v) is 1.60. The summed E-state index contributed by atoms with van der Waals surface area (Å²) in [5.74, 6) is -4.68. The first kappa shape index (κ1) is 13.3. The molecular weight excluding hydrogens is 204 g/mol. The minimum absolute atomic E-state index is 0.380. The highest BCUT2D eigenvalue weighted by molar-refractivity contribution is 6.02. The average molecular weight is 216 g/mol. The molecular formula is C9H12O6. The number of carboxylic acid groups (broad SMARTS) is 1. The van der Waals surface area contributed by atoms with Crippen LogP contribution in [0.25, 0.3) is 0 Å². The van der Waals surface area contributed by atoms with Crippen LogP contribution >= 0.6 is 0 Å². The molecule has 6 heteroatoms. The number of aliphatic carboxylic acids is 1. The van der Waals surface area contributed by atoms with Crippen molar-refractivity contribution in [3.05, 3.63) is 0 Å². The van der Waals surface area contributed by atoms with E-state index in [9.17, 15) is 19.2 Å². The summed E-state index contributed by atoms with van der Waals surface area (Å²) in [7, 11) is 0. The van der Waals surface area contributed by atoms with E-state index in [1.54, 1.807) is 0 Å². The molecule has 84 valence electrons. The quantitative estimate of drug-likeness (QED) is 0.487. The Bertz CT molecular complexity index is 293. The molecule has 0 aromatic heterocycles. The van der Waals surface area contributed by atoms with Crippen LogP contribution in [0.15, 0.2) is 0 Å². The van der Waals surface area contributed by atoms with E-state index in [4.69, 9.17) is 5.11 Å². The van der Waals surface area contributed by atoms with Gasteiger partial charge in [-0.2, -0.15) is 0 Å². The van der Waals surface area contributed by atoms with Gasteiger partial charge in [0.05, 0.1) is 0 Å². The molecule has 0 aliphatic heterocycles. The van der Waals surface area contributed by atoms with Crippen LogP contribution in [0, 0.1) is 5.92 Å². The van der Waals surface area contributed by atoms with Crippen molar-refractivity contribution in [1.82, 2.24) is 0 Å². The third kappa shape index (κ3) is 5.56. The van der Waals surface area contributed by atoms with E-state index in [2.05, 4.69) is 4.74 Å². The fourth-order valence-electron chi connectivity index (χ4n) is 0.900. The summed E-state index contributed by atoms with van der Waals surface area (Å²) in [5, 5.41) is 8.64. The maximum atomic E-state index is 11.2. The molecule has 0 amide bonds. The van der Waals surface area contributed by atoms with Crippen molar-refractivity contribution in [3.63, 3.8) is 0 Å². The molecule has 1 N–H and O–H groups in total. The number of carbonyl (C=O) groups excluding carboxylic acids is 3. The first-order chi connectivity index (χ1) is 6.84. The molecule has 1 atom stereocenters. The Morgan fingerprint density at radius 3 is 2.07 bits per heavy atom. The minimum atomic E-state index is -1.43. The summed E-state index contributed by atoms with van der Waals surface area (Å²) in [6, 6.07) is 0. The van der Waals surface area contributed by atoms with Gasteiger partial charge in [-0.05, 0) is 6.92 Å². The highest BCUT2D eigenvalue weighted by atomic mass is 16.5. The summed E-state index contributed by atoms with van der Waals surface area (Å²) in [5.41, 5.74) is 0. The van der Waals surface area contributed by atoms with Crippen LogP contribution in [0.1, 0.15) is 20.3 Å². The van der Waals surface area contributed by atoms with E-state index in [0.29, 0.717) is 0 Å². The highest BCUT2D eigenvalue weighted by Gasteiger charge is 2.27. The Balaban J connectivity index is 4.36. The molecule has 0 bridgehead atoms. The lowest BCUT2D eigenvalue weighted by molar-refractivity contribution is -0.154. The number of carbonyl (C=O) groups is 4. The fourth-order valence-corrected chi connectivity index (χ4v) is 0.900. The number of Topliss-reactive ketones (excluding diaryl/α,β-unsaturated/α-hetero) is 2. The molecule has 1 unspecified atom stereocenters. The highest BCUT2D eigenvalue weighted by Crippen LogP contribution is 2.06. The number of rotatable bonds is 6. The molecule has 0 saturated carbocycles. The first-order valence-electron chi connectivity index (χ1n) is 4.23. The largest absolute Gasteiger partial charge is 0.481 e. The van der Waals surface area contributed by atoms with Crippen molar-refractivity contribution < 1.29 is 29.0 Å². The van der Waals surface area contributed by atoms with Gasteiger partial charge in [0.2, 0.25) is 0 Å². The van der Waals surface area contributed by atoms with Crippen LogP contribution in [-0.4, -0.2) is 35.2 Å². The minimum Gasteiger partial charge on any atom is -0.481 e. The molecule has 0 saturated heterocycles.